The molecule has 34 heavy (non-hydrogen) atoms. The van der Waals surface area contributed by atoms with E-state index in [1.165, 1.54) is 12.1 Å². The summed E-state index contributed by atoms with van der Waals surface area (Å²) in [5.41, 5.74) is 3.75. The Labute approximate surface area is 198 Å². The first kappa shape index (κ1) is 22.5. The van der Waals surface area contributed by atoms with Crippen LogP contribution in [0, 0.1) is 0 Å². The van der Waals surface area contributed by atoms with E-state index in [-0.39, 0.29) is 29.9 Å². The van der Waals surface area contributed by atoms with Crippen LogP contribution < -0.4 is 14.9 Å². The van der Waals surface area contributed by atoms with Crippen LogP contribution in [0.2, 0.25) is 0 Å². The van der Waals surface area contributed by atoms with E-state index >= 15 is 0 Å². The van der Waals surface area contributed by atoms with Crippen molar-refractivity contribution in [3.8, 4) is 11.3 Å². The summed E-state index contributed by atoms with van der Waals surface area (Å²) in [6.07, 6.45) is 3.62. The molecular formula is C24H25N5O4S. The molecule has 1 aromatic heterocycles. The zero-order valence-corrected chi connectivity index (χ0v) is 19.5. The Balaban J connectivity index is 1.35. The van der Waals surface area contributed by atoms with E-state index in [1.807, 2.05) is 24.3 Å². The molecule has 0 aliphatic carbocycles. The lowest BCUT2D eigenvalue weighted by Gasteiger charge is -2.16. The van der Waals surface area contributed by atoms with E-state index in [0.717, 1.165) is 29.7 Å². The number of anilines is 3. The number of nitrogens with zero attached hydrogens (tertiary/aromatic N) is 3. The molecule has 1 amide bonds. The number of aromatic nitrogens is 2. The van der Waals surface area contributed by atoms with Gasteiger partial charge < -0.3 is 15.0 Å². The predicted molar refractivity (Wildman–Crippen MR) is 128 cm³/mol. The number of hydrogen-bond donors (Lipinski definition) is 2. The fourth-order valence-corrected chi connectivity index (χ4v) is 5.22. The summed E-state index contributed by atoms with van der Waals surface area (Å²) < 4.78 is 33.2. The second-order valence-electron chi connectivity index (χ2n) is 8.35. The highest BCUT2D eigenvalue weighted by atomic mass is 32.2. The smallest absolute Gasteiger partial charge is 0.240 e. The summed E-state index contributed by atoms with van der Waals surface area (Å²) in [6, 6.07) is 14.0. The lowest BCUT2D eigenvalue weighted by atomic mass is 10.1. The van der Waals surface area contributed by atoms with Gasteiger partial charge in [0.15, 0.2) is 0 Å². The number of fused-ring (bicyclic) bond motifs is 3. The van der Waals surface area contributed by atoms with E-state index in [4.69, 9.17) is 4.74 Å². The molecule has 10 heteroatoms. The molecular weight excluding hydrogens is 454 g/mol. The second-order valence-corrected chi connectivity index (χ2v) is 10.1. The summed E-state index contributed by atoms with van der Waals surface area (Å²) in [4.78, 5) is 23.4. The normalized spacial score (nSPS) is 17.7. The van der Waals surface area contributed by atoms with Gasteiger partial charge >= 0.3 is 0 Å². The van der Waals surface area contributed by atoms with Gasteiger partial charge in [0.2, 0.25) is 21.9 Å². The molecule has 1 unspecified atom stereocenters. The van der Waals surface area contributed by atoms with Crippen LogP contribution in [-0.4, -0.2) is 50.6 Å². The Bertz CT molecular complexity index is 1320. The number of carbonyl (C=O) groups excluding carboxylic acids is 1. The molecule has 0 radical (unpaired) electrons. The maximum Gasteiger partial charge on any atom is 0.240 e. The van der Waals surface area contributed by atoms with Crippen molar-refractivity contribution < 1.29 is 17.9 Å². The first-order valence-electron chi connectivity index (χ1n) is 11.1. The van der Waals surface area contributed by atoms with Crippen LogP contribution in [0.3, 0.4) is 0 Å². The number of amides is 1. The third kappa shape index (κ3) is 4.52. The van der Waals surface area contributed by atoms with Gasteiger partial charge in [-0.15, -0.1) is 0 Å². The number of likely N-dealkylation sites (N-methyl/N-ethyl adjacent to an activating group) is 1. The number of para-hydroxylation sites is 1. The fraction of sp³-hybridized carbons (Fsp3) is 0.292. The number of hydrogen-bond acceptors (Lipinski definition) is 7. The highest BCUT2D eigenvalue weighted by Crippen LogP contribution is 2.35. The number of benzene rings is 2. The Morgan fingerprint density at radius 3 is 2.71 bits per heavy atom. The molecule has 176 valence electrons. The quantitative estimate of drug-likeness (QED) is 0.559. The van der Waals surface area contributed by atoms with Gasteiger partial charge in [0.1, 0.15) is 0 Å². The van der Waals surface area contributed by atoms with Crippen molar-refractivity contribution in [3.05, 3.63) is 60.3 Å². The molecule has 1 fully saturated rings. The first-order chi connectivity index (χ1) is 16.4. The predicted octanol–water partition coefficient (Wildman–Crippen LogP) is 2.86. The lowest BCUT2D eigenvalue weighted by Crippen LogP contribution is -2.31. The molecule has 1 saturated heterocycles. The molecule has 2 aliphatic heterocycles. The molecule has 3 aromatic rings. The third-order valence-corrected chi connectivity index (χ3v) is 7.49. The van der Waals surface area contributed by atoms with Gasteiger partial charge in [-0.1, -0.05) is 18.2 Å². The minimum absolute atomic E-state index is 0.0274. The summed E-state index contributed by atoms with van der Waals surface area (Å²) in [7, 11) is -1.87. The van der Waals surface area contributed by atoms with E-state index in [1.54, 1.807) is 30.3 Å². The maximum atomic E-state index is 12.6. The molecule has 2 N–H and O–H groups in total. The molecule has 0 bridgehead atoms. The lowest BCUT2D eigenvalue weighted by molar-refractivity contribution is -0.117. The average Bonchev–Trinajstić information content (AvgIpc) is 3.34. The Morgan fingerprint density at radius 1 is 1.15 bits per heavy atom. The van der Waals surface area contributed by atoms with Gasteiger partial charge in [-0.2, -0.15) is 0 Å². The summed E-state index contributed by atoms with van der Waals surface area (Å²) >= 11 is 0. The minimum atomic E-state index is -3.62. The molecule has 9 nitrogen and oxygen atoms in total. The molecule has 2 aliphatic rings. The average molecular weight is 480 g/mol. The Morgan fingerprint density at radius 2 is 1.94 bits per heavy atom. The maximum absolute atomic E-state index is 12.6. The topological polar surface area (TPSA) is 114 Å². The van der Waals surface area contributed by atoms with Gasteiger partial charge in [-0.3, -0.25) is 4.79 Å². The molecule has 2 aromatic carbocycles. The van der Waals surface area contributed by atoms with Crippen LogP contribution in [0.4, 0.5) is 17.3 Å². The minimum Gasteiger partial charge on any atom is -0.377 e. The molecule has 0 spiro atoms. The number of nitrogens with one attached hydrogen (secondary N) is 2. The van der Waals surface area contributed by atoms with Crippen LogP contribution in [0.1, 0.15) is 18.4 Å². The van der Waals surface area contributed by atoms with E-state index in [2.05, 4.69) is 20.0 Å². The number of ether oxygens (including phenoxy) is 1. The second kappa shape index (κ2) is 9.13. The number of sulfonamides is 1. The molecule has 5 rings (SSSR count). The van der Waals surface area contributed by atoms with Crippen molar-refractivity contribution in [2.45, 2.75) is 30.3 Å². The summed E-state index contributed by atoms with van der Waals surface area (Å²) in [5, 5.41) is 3.13. The van der Waals surface area contributed by atoms with Crippen molar-refractivity contribution >= 4 is 33.3 Å². The molecule has 1 atom stereocenters. The van der Waals surface area contributed by atoms with Crippen LogP contribution in [0.25, 0.3) is 11.3 Å². The standard InChI is InChI=1S/C24H25N5O4S/c1-29-21-7-3-2-6-20(21)23-16(13-22(29)30)14-25-24(28-23)27-17-8-10-19(11-9-17)34(31,32)26-15-18-5-4-12-33-18/h2-3,6-11,14,18,26H,4-5,12-13,15H2,1H3,(H,25,27,28). The van der Waals surface area contributed by atoms with Crippen LogP contribution >= 0.6 is 0 Å². The Kier molecular flexibility index (Phi) is 6.03. The van der Waals surface area contributed by atoms with Gasteiger partial charge in [-0.25, -0.2) is 23.1 Å². The van der Waals surface area contributed by atoms with Gasteiger partial charge in [0.25, 0.3) is 0 Å². The van der Waals surface area contributed by atoms with Crippen LogP contribution in [0.15, 0.2) is 59.6 Å². The summed E-state index contributed by atoms with van der Waals surface area (Å²) in [5.74, 6) is 0.332. The monoisotopic (exact) mass is 479 g/mol. The zero-order chi connectivity index (χ0) is 23.7. The first-order valence-corrected chi connectivity index (χ1v) is 12.6. The van der Waals surface area contributed by atoms with Gasteiger partial charge in [0.05, 0.1) is 28.8 Å². The SMILES string of the molecule is CN1C(=O)Cc2cnc(Nc3ccc(S(=O)(=O)NCC4CCCO4)cc3)nc2-c2ccccc21. The number of rotatable bonds is 6. The van der Waals surface area contributed by atoms with E-state index in [9.17, 15) is 13.2 Å². The highest BCUT2D eigenvalue weighted by molar-refractivity contribution is 7.89. The van der Waals surface area contributed by atoms with Crippen molar-refractivity contribution in [1.29, 1.82) is 0 Å². The zero-order valence-electron chi connectivity index (χ0n) is 18.7. The van der Waals surface area contributed by atoms with Crippen LogP contribution in [0.5, 0.6) is 0 Å². The Hall–Kier alpha value is -3.34. The van der Waals surface area contributed by atoms with Crippen molar-refractivity contribution in [1.82, 2.24) is 14.7 Å². The van der Waals surface area contributed by atoms with Gasteiger partial charge in [-0.05, 0) is 43.2 Å². The third-order valence-electron chi connectivity index (χ3n) is 6.05. The summed E-state index contributed by atoms with van der Waals surface area (Å²) in [6.45, 7) is 0.945. The molecule has 3 heterocycles. The van der Waals surface area contributed by atoms with Crippen molar-refractivity contribution in [2.75, 3.05) is 30.4 Å². The number of carbonyl (C=O) groups is 1. The fourth-order valence-electron chi connectivity index (χ4n) is 4.15. The van der Waals surface area contributed by atoms with E-state index < -0.39 is 10.0 Å². The van der Waals surface area contributed by atoms with E-state index in [0.29, 0.717) is 23.9 Å². The van der Waals surface area contributed by atoms with Crippen molar-refractivity contribution in [3.63, 3.8) is 0 Å². The van der Waals surface area contributed by atoms with Gasteiger partial charge in [0, 0.05) is 43.2 Å². The van der Waals surface area contributed by atoms with Crippen LogP contribution in [-0.2, 0) is 26.0 Å². The highest BCUT2D eigenvalue weighted by Gasteiger charge is 2.25. The molecule has 0 saturated carbocycles. The van der Waals surface area contributed by atoms with Crippen molar-refractivity contribution in [2.24, 2.45) is 0 Å². The largest absolute Gasteiger partial charge is 0.377 e.